The minimum Gasteiger partial charge on any atom is -0.481 e. The van der Waals surface area contributed by atoms with E-state index < -0.39 is 23.2 Å². The fourth-order valence-electron chi connectivity index (χ4n) is 2.47. The Labute approximate surface area is 112 Å². The van der Waals surface area contributed by atoms with E-state index in [2.05, 4.69) is 4.74 Å². The van der Waals surface area contributed by atoms with Gasteiger partial charge in [-0.05, 0) is 11.8 Å². The van der Waals surface area contributed by atoms with Gasteiger partial charge in [0.15, 0.2) is 0 Å². The number of rotatable bonds is 6. The zero-order valence-electron chi connectivity index (χ0n) is 11.8. The Morgan fingerprint density at radius 1 is 1.26 bits per heavy atom. The first-order chi connectivity index (χ1) is 8.73. The normalized spacial score (nSPS) is 23.6. The summed E-state index contributed by atoms with van der Waals surface area (Å²) in [6.07, 6.45) is 0.768. The second-order valence-corrected chi connectivity index (χ2v) is 5.55. The van der Waals surface area contributed by atoms with Crippen molar-refractivity contribution in [3.8, 4) is 0 Å². The number of carbonyl (C=O) groups is 3. The lowest BCUT2D eigenvalue weighted by Gasteiger charge is -2.17. The van der Waals surface area contributed by atoms with Crippen LogP contribution in [0.4, 0.5) is 0 Å². The number of hydrogen-bond acceptors (Lipinski definition) is 4. The van der Waals surface area contributed by atoms with Crippen molar-refractivity contribution in [2.75, 3.05) is 20.7 Å². The molecule has 0 bridgehead atoms. The third-order valence-corrected chi connectivity index (χ3v) is 3.84. The van der Waals surface area contributed by atoms with Crippen LogP contribution in [0.1, 0.15) is 26.7 Å². The Hall–Kier alpha value is -1.59. The van der Waals surface area contributed by atoms with Gasteiger partial charge in [-0.1, -0.05) is 13.8 Å². The first-order valence-corrected chi connectivity index (χ1v) is 6.28. The number of aliphatic carboxylic acids is 1. The summed E-state index contributed by atoms with van der Waals surface area (Å²) in [5.74, 6) is -2.47. The smallest absolute Gasteiger partial charge is 0.307 e. The first-order valence-electron chi connectivity index (χ1n) is 6.28. The average Bonchev–Trinajstić information content (AvgIpc) is 2.90. The SMILES string of the molecule is COC(=O)CCCN(C)C(=O)C1C(C(=O)O)C1(C)C. The molecule has 0 radical (unpaired) electrons. The lowest BCUT2D eigenvalue weighted by atomic mass is 10.1. The predicted octanol–water partition coefficient (Wildman–Crippen LogP) is 0.755. The number of carbonyl (C=O) groups excluding carboxylic acids is 2. The number of esters is 1. The zero-order valence-corrected chi connectivity index (χ0v) is 11.8. The van der Waals surface area contributed by atoms with E-state index in [1.54, 1.807) is 20.9 Å². The molecule has 0 heterocycles. The number of carboxylic acid groups (broad SMARTS) is 1. The molecule has 0 aromatic rings. The van der Waals surface area contributed by atoms with Gasteiger partial charge in [0, 0.05) is 20.0 Å². The molecule has 1 N–H and O–H groups in total. The Bertz CT molecular complexity index is 390. The molecule has 1 amide bonds. The maximum atomic E-state index is 12.1. The van der Waals surface area contributed by atoms with Crippen molar-refractivity contribution in [3.05, 3.63) is 0 Å². The molecule has 0 spiro atoms. The molecule has 1 rings (SSSR count). The van der Waals surface area contributed by atoms with E-state index in [9.17, 15) is 14.4 Å². The average molecular weight is 271 g/mol. The summed E-state index contributed by atoms with van der Waals surface area (Å²) >= 11 is 0. The zero-order chi connectivity index (χ0) is 14.8. The number of ether oxygens (including phenoxy) is 1. The first kappa shape index (κ1) is 15.5. The molecule has 1 fully saturated rings. The van der Waals surface area contributed by atoms with Gasteiger partial charge in [-0.15, -0.1) is 0 Å². The van der Waals surface area contributed by atoms with Crippen molar-refractivity contribution in [3.63, 3.8) is 0 Å². The van der Waals surface area contributed by atoms with E-state index in [0.717, 1.165) is 0 Å². The van der Waals surface area contributed by atoms with Crippen LogP contribution in [0, 0.1) is 17.3 Å². The van der Waals surface area contributed by atoms with Gasteiger partial charge in [0.05, 0.1) is 18.9 Å². The summed E-state index contributed by atoms with van der Waals surface area (Å²) in [4.78, 5) is 35.6. The van der Waals surface area contributed by atoms with Crippen molar-refractivity contribution < 1.29 is 24.2 Å². The summed E-state index contributed by atoms with van der Waals surface area (Å²) in [5, 5.41) is 9.04. The molecule has 0 saturated heterocycles. The quantitative estimate of drug-likeness (QED) is 0.721. The van der Waals surface area contributed by atoms with Crippen LogP contribution < -0.4 is 0 Å². The highest BCUT2D eigenvalue weighted by atomic mass is 16.5. The van der Waals surface area contributed by atoms with Crippen LogP contribution in [0.2, 0.25) is 0 Å². The van der Waals surface area contributed by atoms with Crippen molar-refractivity contribution in [1.29, 1.82) is 0 Å². The highest BCUT2D eigenvalue weighted by Crippen LogP contribution is 2.58. The summed E-state index contributed by atoms with van der Waals surface area (Å²) in [6.45, 7) is 4.00. The van der Waals surface area contributed by atoms with Crippen LogP contribution >= 0.6 is 0 Å². The number of carboxylic acids is 1. The molecular weight excluding hydrogens is 250 g/mol. The van der Waals surface area contributed by atoms with E-state index in [1.807, 2.05) is 0 Å². The van der Waals surface area contributed by atoms with Crippen molar-refractivity contribution in [1.82, 2.24) is 4.90 Å². The van der Waals surface area contributed by atoms with Gasteiger partial charge >= 0.3 is 11.9 Å². The van der Waals surface area contributed by atoms with E-state index >= 15 is 0 Å². The third-order valence-electron chi connectivity index (χ3n) is 3.84. The maximum Gasteiger partial charge on any atom is 0.307 e. The van der Waals surface area contributed by atoms with Crippen molar-refractivity contribution >= 4 is 17.8 Å². The Morgan fingerprint density at radius 3 is 2.26 bits per heavy atom. The monoisotopic (exact) mass is 271 g/mol. The van der Waals surface area contributed by atoms with Crippen LogP contribution in [0.15, 0.2) is 0 Å². The topological polar surface area (TPSA) is 83.9 Å². The molecule has 6 heteroatoms. The molecule has 0 aliphatic heterocycles. The van der Waals surface area contributed by atoms with Crippen molar-refractivity contribution in [2.45, 2.75) is 26.7 Å². The van der Waals surface area contributed by atoms with Gasteiger partial charge < -0.3 is 14.7 Å². The minimum absolute atomic E-state index is 0.165. The van der Waals surface area contributed by atoms with Gasteiger partial charge in [-0.2, -0.15) is 0 Å². The number of amides is 1. The molecule has 1 aliphatic carbocycles. The van der Waals surface area contributed by atoms with Crippen LogP contribution in [0.25, 0.3) is 0 Å². The Balaban J connectivity index is 2.46. The van der Waals surface area contributed by atoms with Gasteiger partial charge in [-0.25, -0.2) is 0 Å². The van der Waals surface area contributed by atoms with Crippen molar-refractivity contribution in [2.24, 2.45) is 17.3 Å². The van der Waals surface area contributed by atoms with Crippen LogP contribution in [0.3, 0.4) is 0 Å². The number of methoxy groups -OCH3 is 1. The molecule has 2 unspecified atom stereocenters. The molecule has 2 atom stereocenters. The third kappa shape index (κ3) is 3.24. The standard InChI is InChI=1S/C13H21NO5/c1-13(2)9(10(13)12(17)18)11(16)14(3)7-5-6-8(15)19-4/h9-10H,5-7H2,1-4H3,(H,17,18). The van der Waals surface area contributed by atoms with Crippen LogP contribution in [-0.4, -0.2) is 48.6 Å². The van der Waals surface area contributed by atoms with Crippen LogP contribution in [0.5, 0.6) is 0 Å². The molecule has 6 nitrogen and oxygen atoms in total. The van der Waals surface area contributed by atoms with Gasteiger partial charge in [-0.3, -0.25) is 14.4 Å². The highest BCUT2D eigenvalue weighted by Gasteiger charge is 2.66. The predicted molar refractivity (Wildman–Crippen MR) is 67.3 cm³/mol. The number of hydrogen-bond donors (Lipinski definition) is 1. The van der Waals surface area contributed by atoms with E-state index in [-0.39, 0.29) is 18.3 Å². The lowest BCUT2D eigenvalue weighted by molar-refractivity contribution is -0.142. The molecule has 0 aromatic heterocycles. The molecule has 1 saturated carbocycles. The molecular formula is C13H21NO5. The highest BCUT2D eigenvalue weighted by molar-refractivity contribution is 5.91. The van der Waals surface area contributed by atoms with Gasteiger partial charge in [0.25, 0.3) is 0 Å². The fraction of sp³-hybridized carbons (Fsp3) is 0.769. The minimum atomic E-state index is -0.925. The van der Waals surface area contributed by atoms with E-state index in [4.69, 9.17) is 5.11 Å². The summed E-state index contributed by atoms with van der Waals surface area (Å²) in [6, 6.07) is 0. The Kier molecular flexibility index (Phi) is 4.55. The second-order valence-electron chi connectivity index (χ2n) is 5.55. The lowest BCUT2D eigenvalue weighted by Crippen LogP contribution is -2.31. The summed E-state index contributed by atoms with van der Waals surface area (Å²) in [5.41, 5.74) is -0.487. The summed E-state index contributed by atoms with van der Waals surface area (Å²) < 4.78 is 4.51. The van der Waals surface area contributed by atoms with Crippen LogP contribution in [-0.2, 0) is 19.1 Å². The molecule has 19 heavy (non-hydrogen) atoms. The largest absolute Gasteiger partial charge is 0.481 e. The Morgan fingerprint density at radius 2 is 1.84 bits per heavy atom. The summed E-state index contributed by atoms with van der Waals surface area (Å²) in [7, 11) is 2.95. The molecule has 1 aliphatic rings. The molecule has 108 valence electrons. The van der Waals surface area contributed by atoms with Gasteiger partial charge in [0.1, 0.15) is 0 Å². The second kappa shape index (κ2) is 5.59. The fourth-order valence-corrected chi connectivity index (χ4v) is 2.47. The maximum absolute atomic E-state index is 12.1. The number of nitrogens with zero attached hydrogens (tertiary/aromatic N) is 1. The van der Waals surface area contributed by atoms with Gasteiger partial charge in [0.2, 0.25) is 5.91 Å². The molecule has 0 aromatic carbocycles. The van der Waals surface area contributed by atoms with E-state index in [1.165, 1.54) is 12.0 Å². The van der Waals surface area contributed by atoms with E-state index in [0.29, 0.717) is 13.0 Å².